The Balaban J connectivity index is 1.94. The second-order valence-corrected chi connectivity index (χ2v) is 9.28. The van der Waals surface area contributed by atoms with Gasteiger partial charge < -0.3 is 14.2 Å². The maximum Gasteiger partial charge on any atom is 0.338 e. The molecule has 1 aliphatic heterocycles. The van der Waals surface area contributed by atoms with E-state index in [9.17, 15) is 14.4 Å². The fourth-order valence-corrected chi connectivity index (χ4v) is 5.57. The van der Waals surface area contributed by atoms with Crippen LogP contribution in [-0.4, -0.2) is 30.2 Å². The molecule has 3 heterocycles. The number of esters is 2. The molecule has 1 aliphatic rings. The number of hydrogen-bond donors (Lipinski definition) is 0. The van der Waals surface area contributed by atoms with Gasteiger partial charge in [-0.05, 0) is 37.4 Å². The van der Waals surface area contributed by atoms with Crippen molar-refractivity contribution in [2.45, 2.75) is 26.8 Å². The predicted molar refractivity (Wildman–Crippen MR) is 129 cm³/mol. The molecule has 1 unspecified atom stereocenters. The van der Waals surface area contributed by atoms with E-state index in [1.54, 1.807) is 38.1 Å². The summed E-state index contributed by atoms with van der Waals surface area (Å²) >= 11 is 2.64. The molecular weight excluding hydrogens is 476 g/mol. The average molecular weight is 499 g/mol. The number of hydrogen-bond acceptors (Lipinski definition) is 9. The summed E-state index contributed by atoms with van der Waals surface area (Å²) in [6.45, 7) is 4.99. The first-order valence-corrected chi connectivity index (χ1v) is 12.1. The highest BCUT2D eigenvalue weighted by Gasteiger charge is 2.33. The lowest BCUT2D eigenvalue weighted by Gasteiger charge is -2.23. The van der Waals surface area contributed by atoms with Crippen LogP contribution in [0.1, 0.15) is 37.3 Å². The predicted octanol–water partition coefficient (Wildman–Crippen LogP) is 2.79. The lowest BCUT2D eigenvalue weighted by molar-refractivity contribution is -0.139. The Hall–Kier alpha value is -3.50. The molecule has 0 aliphatic carbocycles. The number of para-hydroxylation sites is 1. The van der Waals surface area contributed by atoms with Gasteiger partial charge in [0.25, 0.3) is 5.56 Å². The highest BCUT2D eigenvalue weighted by Crippen LogP contribution is 2.34. The van der Waals surface area contributed by atoms with Gasteiger partial charge in [-0.15, -0.1) is 11.3 Å². The number of aromatic nitrogens is 1. The van der Waals surface area contributed by atoms with Crippen molar-refractivity contribution in [3.8, 4) is 11.5 Å². The first-order valence-electron chi connectivity index (χ1n) is 10.4. The first kappa shape index (κ1) is 23.7. The minimum absolute atomic E-state index is 0.214. The van der Waals surface area contributed by atoms with Crippen molar-refractivity contribution in [3.63, 3.8) is 0 Å². The SMILES string of the molecule is CCOC(=O)C1=C(C)N=c2s/c(=C\c3cccc(OC)c3OC(C)=O)c(=O)n2C1c1cccs1. The van der Waals surface area contributed by atoms with Gasteiger partial charge in [-0.3, -0.25) is 14.2 Å². The van der Waals surface area contributed by atoms with Crippen LogP contribution in [0, 0.1) is 0 Å². The highest BCUT2D eigenvalue weighted by atomic mass is 32.1. The minimum Gasteiger partial charge on any atom is -0.493 e. The van der Waals surface area contributed by atoms with Crippen LogP contribution in [0.5, 0.6) is 11.5 Å². The largest absolute Gasteiger partial charge is 0.493 e. The average Bonchev–Trinajstić information content (AvgIpc) is 3.42. The summed E-state index contributed by atoms with van der Waals surface area (Å²) in [7, 11) is 1.47. The molecule has 8 nitrogen and oxygen atoms in total. The number of thiophene rings is 1. The van der Waals surface area contributed by atoms with Crippen molar-refractivity contribution in [3.05, 3.63) is 77.1 Å². The van der Waals surface area contributed by atoms with E-state index in [-0.39, 0.29) is 17.9 Å². The van der Waals surface area contributed by atoms with Crippen LogP contribution < -0.4 is 24.4 Å². The number of ether oxygens (including phenoxy) is 3. The first-order chi connectivity index (χ1) is 16.3. The van der Waals surface area contributed by atoms with Gasteiger partial charge in [0.15, 0.2) is 16.3 Å². The van der Waals surface area contributed by atoms with Gasteiger partial charge in [0.05, 0.1) is 29.5 Å². The molecule has 0 fully saturated rings. The standard InChI is InChI=1S/C24H22N2O6S2/c1-5-31-23(29)19-13(2)25-24-26(20(19)17-10-7-11-33-17)22(28)18(34-24)12-15-8-6-9-16(30-4)21(15)32-14(3)27/h6-12,20H,5H2,1-4H3/b18-12-. The van der Waals surface area contributed by atoms with E-state index < -0.39 is 18.0 Å². The van der Waals surface area contributed by atoms with Crippen LogP contribution in [0.4, 0.5) is 0 Å². The lowest BCUT2D eigenvalue weighted by Crippen LogP contribution is -2.39. The third-order valence-electron chi connectivity index (χ3n) is 5.09. The van der Waals surface area contributed by atoms with Crippen LogP contribution in [0.25, 0.3) is 6.08 Å². The molecule has 10 heteroatoms. The molecule has 0 N–H and O–H groups in total. The van der Waals surface area contributed by atoms with Gasteiger partial charge in [-0.2, -0.15) is 0 Å². The van der Waals surface area contributed by atoms with Gasteiger partial charge in [-0.1, -0.05) is 29.5 Å². The molecule has 3 aromatic rings. The highest BCUT2D eigenvalue weighted by molar-refractivity contribution is 7.10. The number of allylic oxidation sites excluding steroid dienone is 1. The molecule has 0 saturated carbocycles. The van der Waals surface area contributed by atoms with Gasteiger partial charge >= 0.3 is 11.9 Å². The Morgan fingerprint density at radius 3 is 2.68 bits per heavy atom. The monoisotopic (exact) mass is 498 g/mol. The Labute approximate surface area is 203 Å². The zero-order valence-corrected chi connectivity index (χ0v) is 20.6. The molecular formula is C24H22N2O6S2. The summed E-state index contributed by atoms with van der Waals surface area (Å²) in [5.74, 6) is -0.412. The van der Waals surface area contributed by atoms with E-state index in [2.05, 4.69) is 4.99 Å². The van der Waals surface area contributed by atoms with E-state index in [1.807, 2.05) is 17.5 Å². The third kappa shape index (κ3) is 4.34. The molecule has 176 valence electrons. The molecule has 0 amide bonds. The van der Waals surface area contributed by atoms with E-state index in [0.29, 0.717) is 31.9 Å². The zero-order valence-electron chi connectivity index (χ0n) is 19.0. The van der Waals surface area contributed by atoms with E-state index in [1.165, 1.54) is 41.3 Å². The molecule has 4 rings (SSSR count). The quantitative estimate of drug-likeness (QED) is 0.383. The van der Waals surface area contributed by atoms with Crippen LogP contribution in [0.15, 0.2) is 56.8 Å². The molecule has 2 aromatic heterocycles. The number of carbonyl (C=O) groups is 2. The molecule has 1 atom stereocenters. The fourth-order valence-electron chi connectivity index (χ4n) is 3.71. The molecule has 0 bridgehead atoms. The van der Waals surface area contributed by atoms with Gasteiger partial charge in [0, 0.05) is 17.4 Å². The van der Waals surface area contributed by atoms with Gasteiger partial charge in [-0.25, -0.2) is 9.79 Å². The number of methoxy groups -OCH3 is 1. The lowest BCUT2D eigenvalue weighted by atomic mass is 10.0. The summed E-state index contributed by atoms with van der Waals surface area (Å²) < 4.78 is 17.9. The summed E-state index contributed by atoms with van der Waals surface area (Å²) in [6.07, 6.45) is 1.64. The van der Waals surface area contributed by atoms with Crippen LogP contribution >= 0.6 is 22.7 Å². The normalized spacial score (nSPS) is 15.5. The maximum absolute atomic E-state index is 13.6. The summed E-state index contributed by atoms with van der Waals surface area (Å²) in [5, 5.41) is 1.89. The summed E-state index contributed by atoms with van der Waals surface area (Å²) in [6, 6.07) is 8.25. The molecule has 0 spiro atoms. The van der Waals surface area contributed by atoms with Crippen LogP contribution in [0.2, 0.25) is 0 Å². The van der Waals surface area contributed by atoms with Crippen molar-refractivity contribution >= 4 is 40.7 Å². The Bertz CT molecular complexity index is 1460. The second-order valence-electron chi connectivity index (χ2n) is 7.29. The van der Waals surface area contributed by atoms with E-state index >= 15 is 0 Å². The number of thiazole rings is 1. The Morgan fingerprint density at radius 1 is 1.24 bits per heavy atom. The fraction of sp³-hybridized carbons (Fsp3) is 0.250. The van der Waals surface area contributed by atoms with Crippen molar-refractivity contribution < 1.29 is 23.8 Å². The third-order valence-corrected chi connectivity index (χ3v) is 7.00. The van der Waals surface area contributed by atoms with Crippen molar-refractivity contribution in [1.29, 1.82) is 0 Å². The molecule has 0 radical (unpaired) electrons. The van der Waals surface area contributed by atoms with E-state index in [4.69, 9.17) is 14.2 Å². The van der Waals surface area contributed by atoms with E-state index in [0.717, 1.165) is 4.88 Å². The Morgan fingerprint density at radius 2 is 2.03 bits per heavy atom. The summed E-state index contributed by atoms with van der Waals surface area (Å²) in [4.78, 5) is 44.0. The number of benzene rings is 1. The minimum atomic E-state index is -0.643. The molecule has 1 aromatic carbocycles. The second kappa shape index (κ2) is 9.78. The smallest absolute Gasteiger partial charge is 0.338 e. The number of fused-ring (bicyclic) bond motifs is 1. The Kier molecular flexibility index (Phi) is 6.80. The van der Waals surface area contributed by atoms with Crippen molar-refractivity contribution in [2.75, 3.05) is 13.7 Å². The number of carbonyl (C=O) groups excluding carboxylic acids is 2. The zero-order chi connectivity index (χ0) is 24.4. The molecule has 34 heavy (non-hydrogen) atoms. The van der Waals surface area contributed by atoms with Gasteiger partial charge in [0.2, 0.25) is 0 Å². The summed E-state index contributed by atoms with van der Waals surface area (Å²) in [5.41, 5.74) is 1.04. The molecule has 0 saturated heterocycles. The number of rotatable bonds is 6. The van der Waals surface area contributed by atoms with Gasteiger partial charge in [0.1, 0.15) is 6.04 Å². The topological polar surface area (TPSA) is 96.2 Å². The number of nitrogens with zero attached hydrogens (tertiary/aromatic N) is 2. The van der Waals surface area contributed by atoms with Crippen LogP contribution in [0.3, 0.4) is 0 Å². The van der Waals surface area contributed by atoms with Crippen LogP contribution in [-0.2, 0) is 14.3 Å². The van der Waals surface area contributed by atoms with Crippen molar-refractivity contribution in [1.82, 2.24) is 4.57 Å². The van der Waals surface area contributed by atoms with Crippen molar-refractivity contribution in [2.24, 2.45) is 4.99 Å². The maximum atomic E-state index is 13.6.